The van der Waals surface area contributed by atoms with Crippen molar-refractivity contribution in [1.82, 2.24) is 9.55 Å². The molecule has 0 spiro atoms. The molecule has 0 saturated carbocycles. The van der Waals surface area contributed by atoms with Crippen molar-refractivity contribution in [3.8, 4) is 0 Å². The minimum Gasteiger partial charge on any atom is -0.390 e. The molecule has 3 rings (SSSR count). The molecular formula is C20H20F2N2O2S. The number of thioether (sulfide) groups is 1. The van der Waals surface area contributed by atoms with Crippen molar-refractivity contribution in [3.05, 3.63) is 83.7 Å². The van der Waals surface area contributed by atoms with E-state index in [9.17, 15) is 13.9 Å². The van der Waals surface area contributed by atoms with Crippen LogP contribution in [0.3, 0.4) is 0 Å². The number of hydrogen-bond acceptors (Lipinski definition) is 4. The van der Waals surface area contributed by atoms with Crippen LogP contribution in [0.15, 0.2) is 66.1 Å². The van der Waals surface area contributed by atoms with Crippen molar-refractivity contribution in [2.45, 2.75) is 17.4 Å². The third kappa shape index (κ3) is 5.38. The summed E-state index contributed by atoms with van der Waals surface area (Å²) in [7, 11) is 1.89. The molecule has 0 bridgehead atoms. The van der Waals surface area contributed by atoms with Crippen LogP contribution in [0.4, 0.5) is 8.78 Å². The molecule has 0 saturated heterocycles. The van der Waals surface area contributed by atoms with Gasteiger partial charge in [-0.15, -0.1) is 0 Å². The fraction of sp³-hybridized carbons (Fsp3) is 0.250. The monoisotopic (exact) mass is 390 g/mol. The topological polar surface area (TPSA) is 47.3 Å². The van der Waals surface area contributed by atoms with Gasteiger partial charge in [0.1, 0.15) is 17.7 Å². The number of rotatable bonds is 8. The quantitative estimate of drug-likeness (QED) is 0.592. The van der Waals surface area contributed by atoms with Gasteiger partial charge in [-0.3, -0.25) is 0 Å². The van der Waals surface area contributed by atoms with Gasteiger partial charge in [0.15, 0.2) is 5.16 Å². The zero-order chi connectivity index (χ0) is 19.2. The van der Waals surface area contributed by atoms with E-state index >= 15 is 0 Å². The lowest BCUT2D eigenvalue weighted by Gasteiger charge is -2.21. The number of nitrogens with zero attached hydrogens (tertiary/aromatic N) is 2. The van der Waals surface area contributed by atoms with Crippen LogP contribution >= 0.6 is 11.8 Å². The molecular weight excluding hydrogens is 370 g/mol. The lowest BCUT2D eigenvalue weighted by atomic mass is 10.0. The second kappa shape index (κ2) is 9.12. The lowest BCUT2D eigenvalue weighted by Crippen LogP contribution is -2.21. The first-order valence-corrected chi connectivity index (χ1v) is 9.42. The fourth-order valence-electron chi connectivity index (χ4n) is 2.58. The third-order valence-electron chi connectivity index (χ3n) is 3.98. The van der Waals surface area contributed by atoms with E-state index in [4.69, 9.17) is 4.74 Å². The number of halogens is 2. The van der Waals surface area contributed by atoms with Crippen LogP contribution in [0.1, 0.15) is 17.2 Å². The van der Waals surface area contributed by atoms with Crippen molar-refractivity contribution in [1.29, 1.82) is 0 Å². The van der Waals surface area contributed by atoms with E-state index in [-0.39, 0.29) is 18.2 Å². The van der Waals surface area contributed by atoms with Crippen LogP contribution in [0.5, 0.6) is 0 Å². The Balaban J connectivity index is 1.66. The van der Waals surface area contributed by atoms with Crippen molar-refractivity contribution in [2.24, 2.45) is 7.05 Å². The van der Waals surface area contributed by atoms with Gasteiger partial charge < -0.3 is 14.4 Å². The molecule has 1 unspecified atom stereocenters. The molecule has 1 heterocycles. The maximum absolute atomic E-state index is 13.2. The number of imidazole rings is 1. The van der Waals surface area contributed by atoms with E-state index in [0.717, 1.165) is 16.3 Å². The highest BCUT2D eigenvalue weighted by Crippen LogP contribution is 2.27. The van der Waals surface area contributed by atoms with Gasteiger partial charge in [-0.05, 0) is 35.4 Å². The first-order valence-electron chi connectivity index (χ1n) is 8.43. The van der Waals surface area contributed by atoms with E-state index in [0.29, 0.717) is 5.75 Å². The van der Waals surface area contributed by atoms with Crippen LogP contribution in [0.25, 0.3) is 0 Å². The molecule has 7 heteroatoms. The number of aromatic nitrogens is 2. The standard InChI is InChI=1S/C20H20F2N2O2S/c1-24-11-10-23-20(24)27-13-18(25)12-26-19(14-2-6-16(21)7-3-14)15-4-8-17(22)9-5-15/h2-11,18-19,25H,12-13H2,1H3. The van der Waals surface area contributed by atoms with Crippen molar-refractivity contribution in [2.75, 3.05) is 12.4 Å². The molecule has 0 aliphatic heterocycles. The maximum Gasteiger partial charge on any atom is 0.167 e. The Morgan fingerprint density at radius 1 is 1.04 bits per heavy atom. The Labute approximate surface area is 160 Å². The lowest BCUT2D eigenvalue weighted by molar-refractivity contribution is 0.0154. The van der Waals surface area contributed by atoms with Crippen LogP contribution in [0.2, 0.25) is 0 Å². The molecule has 142 valence electrons. The normalized spacial score (nSPS) is 12.5. The van der Waals surface area contributed by atoms with Crippen LogP contribution in [-0.2, 0) is 11.8 Å². The van der Waals surface area contributed by atoms with Crippen molar-refractivity contribution in [3.63, 3.8) is 0 Å². The Kier molecular flexibility index (Phi) is 6.60. The number of aliphatic hydroxyl groups is 1. The Hall–Kier alpha value is -2.22. The number of aryl methyl sites for hydroxylation is 1. The molecule has 0 fully saturated rings. The first kappa shape index (κ1) is 19.5. The largest absolute Gasteiger partial charge is 0.390 e. The number of ether oxygens (including phenoxy) is 1. The molecule has 0 aliphatic carbocycles. The van der Waals surface area contributed by atoms with Gasteiger partial charge in [0.05, 0.1) is 12.7 Å². The molecule has 27 heavy (non-hydrogen) atoms. The van der Waals surface area contributed by atoms with E-state index in [2.05, 4.69) is 4.98 Å². The second-order valence-electron chi connectivity index (χ2n) is 6.10. The fourth-order valence-corrected chi connectivity index (χ4v) is 3.41. The molecule has 0 aliphatic rings. The van der Waals surface area contributed by atoms with Crippen molar-refractivity contribution >= 4 is 11.8 Å². The van der Waals surface area contributed by atoms with Gasteiger partial charge in [-0.25, -0.2) is 13.8 Å². The average molecular weight is 390 g/mol. The maximum atomic E-state index is 13.2. The first-order chi connectivity index (χ1) is 13.0. The minimum absolute atomic E-state index is 0.0802. The highest BCUT2D eigenvalue weighted by Gasteiger charge is 2.18. The molecule has 4 nitrogen and oxygen atoms in total. The Bertz CT molecular complexity index is 808. The summed E-state index contributed by atoms with van der Waals surface area (Å²) in [6, 6.07) is 11.9. The van der Waals surface area contributed by atoms with Crippen molar-refractivity contribution < 1.29 is 18.6 Å². The van der Waals surface area contributed by atoms with Gasteiger partial charge >= 0.3 is 0 Å². The van der Waals surface area contributed by atoms with Gasteiger partial charge in [0, 0.05) is 25.2 Å². The highest BCUT2D eigenvalue weighted by molar-refractivity contribution is 7.99. The number of hydrogen-bond donors (Lipinski definition) is 1. The molecule has 0 radical (unpaired) electrons. The summed E-state index contributed by atoms with van der Waals surface area (Å²) < 4.78 is 34.3. The Morgan fingerprint density at radius 2 is 1.59 bits per heavy atom. The molecule has 1 aromatic heterocycles. The smallest absolute Gasteiger partial charge is 0.167 e. The van der Waals surface area contributed by atoms with Gasteiger partial charge in [0.2, 0.25) is 0 Å². The van der Waals surface area contributed by atoms with Gasteiger partial charge in [-0.2, -0.15) is 0 Å². The van der Waals surface area contributed by atoms with Gasteiger partial charge in [0.25, 0.3) is 0 Å². The van der Waals surface area contributed by atoms with Crippen LogP contribution in [-0.4, -0.2) is 33.1 Å². The predicted molar refractivity (Wildman–Crippen MR) is 101 cm³/mol. The van der Waals surface area contributed by atoms with Gasteiger partial charge in [-0.1, -0.05) is 36.0 Å². The summed E-state index contributed by atoms with van der Waals surface area (Å²) in [6.45, 7) is 0.0802. The summed E-state index contributed by atoms with van der Waals surface area (Å²) in [6.07, 6.45) is 2.29. The number of aliphatic hydroxyl groups excluding tert-OH is 1. The zero-order valence-electron chi connectivity index (χ0n) is 14.8. The molecule has 1 N–H and O–H groups in total. The highest BCUT2D eigenvalue weighted by atomic mass is 32.2. The Morgan fingerprint density at radius 3 is 2.07 bits per heavy atom. The third-order valence-corrected chi connectivity index (χ3v) is 5.19. The molecule has 2 aromatic carbocycles. The zero-order valence-corrected chi connectivity index (χ0v) is 15.6. The number of benzene rings is 2. The summed E-state index contributed by atoms with van der Waals surface area (Å²) in [5.41, 5.74) is 1.46. The minimum atomic E-state index is -0.713. The van der Waals surface area contributed by atoms with Crippen LogP contribution < -0.4 is 0 Å². The molecule has 0 amide bonds. The van der Waals surface area contributed by atoms with E-state index < -0.39 is 12.2 Å². The average Bonchev–Trinajstić information content (AvgIpc) is 3.08. The molecule has 1 atom stereocenters. The summed E-state index contributed by atoms with van der Waals surface area (Å²) in [4.78, 5) is 4.20. The van der Waals surface area contributed by atoms with E-state index in [1.54, 1.807) is 30.5 Å². The predicted octanol–water partition coefficient (Wildman–Crippen LogP) is 3.96. The SMILES string of the molecule is Cn1ccnc1SCC(O)COC(c1ccc(F)cc1)c1ccc(F)cc1. The second-order valence-corrected chi connectivity index (χ2v) is 7.09. The molecule has 3 aromatic rings. The van der Waals surface area contributed by atoms with E-state index in [1.165, 1.54) is 36.0 Å². The van der Waals surface area contributed by atoms with Crippen LogP contribution in [0, 0.1) is 11.6 Å². The summed E-state index contributed by atoms with van der Waals surface area (Å²) in [5.74, 6) is -0.268. The van der Waals surface area contributed by atoms with E-state index in [1.807, 2.05) is 17.8 Å². The summed E-state index contributed by atoms with van der Waals surface area (Å²) >= 11 is 1.43. The summed E-state index contributed by atoms with van der Waals surface area (Å²) in [5, 5.41) is 11.1.